The van der Waals surface area contributed by atoms with Gasteiger partial charge < -0.3 is 10.5 Å². The monoisotopic (exact) mass is 434 g/mol. The second kappa shape index (κ2) is 5.91. The number of nitrogens with zero attached hydrogens (tertiary/aromatic N) is 3. The van der Waals surface area contributed by atoms with Crippen LogP contribution in [0.25, 0.3) is 0 Å². The first kappa shape index (κ1) is 14.3. The van der Waals surface area contributed by atoms with Gasteiger partial charge >= 0.3 is 0 Å². The largest absolute Gasteiger partial charge is 0.496 e. The summed E-state index contributed by atoms with van der Waals surface area (Å²) in [6.07, 6.45) is 3.50. The van der Waals surface area contributed by atoms with Crippen molar-refractivity contribution < 1.29 is 4.74 Å². The summed E-state index contributed by atoms with van der Waals surface area (Å²) < 4.78 is 8.71. The first-order valence-corrected chi connectivity index (χ1v) is 7.27. The van der Waals surface area contributed by atoms with Crippen LogP contribution in [0.15, 0.2) is 27.9 Å². The highest BCUT2D eigenvalue weighted by atomic mass is 127. The van der Waals surface area contributed by atoms with E-state index in [0.717, 1.165) is 25.0 Å². The van der Waals surface area contributed by atoms with Crippen LogP contribution in [0.2, 0.25) is 0 Å². The molecule has 0 saturated heterocycles. The average Bonchev–Trinajstić information content (AvgIpc) is 2.68. The van der Waals surface area contributed by atoms with Gasteiger partial charge in [0.05, 0.1) is 28.8 Å². The molecular formula is C12H12BrIN4O. The molecule has 0 amide bonds. The lowest BCUT2D eigenvalue weighted by molar-refractivity contribution is 0.411. The van der Waals surface area contributed by atoms with Crippen molar-refractivity contribution in [3.63, 3.8) is 0 Å². The maximum Gasteiger partial charge on any atom is 0.221 e. The zero-order chi connectivity index (χ0) is 14.0. The molecule has 0 fully saturated rings. The molecule has 0 aliphatic rings. The van der Waals surface area contributed by atoms with Crippen LogP contribution in [0.5, 0.6) is 5.75 Å². The maximum atomic E-state index is 5.72. The van der Waals surface area contributed by atoms with Gasteiger partial charge in [0, 0.05) is 10.0 Å². The normalized spacial score (nSPS) is 11.2. The van der Waals surface area contributed by atoms with Gasteiger partial charge in [0.1, 0.15) is 5.75 Å². The average molecular weight is 435 g/mol. The number of benzene rings is 1. The minimum absolute atomic E-state index is 0.369. The predicted molar refractivity (Wildman–Crippen MR) is 87.8 cm³/mol. The van der Waals surface area contributed by atoms with E-state index in [4.69, 9.17) is 10.5 Å². The van der Waals surface area contributed by atoms with Crippen LogP contribution in [-0.4, -0.2) is 23.0 Å². The van der Waals surface area contributed by atoms with E-state index in [0.29, 0.717) is 5.95 Å². The van der Waals surface area contributed by atoms with E-state index >= 15 is 0 Å². The Morgan fingerprint density at radius 1 is 1.53 bits per heavy atom. The number of nitrogens with two attached hydrogens (primary N) is 1. The first-order valence-electron chi connectivity index (χ1n) is 5.40. The summed E-state index contributed by atoms with van der Waals surface area (Å²) in [4.78, 5) is 4.08. The van der Waals surface area contributed by atoms with Crippen molar-refractivity contribution in [1.29, 1.82) is 0 Å². The van der Waals surface area contributed by atoms with Crippen LogP contribution in [0.1, 0.15) is 11.3 Å². The Kier molecular flexibility index (Phi) is 4.46. The fraction of sp³-hybridized carbons (Fsp3) is 0.167. The fourth-order valence-electron chi connectivity index (χ4n) is 1.52. The topological polar surface area (TPSA) is 65.4 Å². The van der Waals surface area contributed by atoms with Gasteiger partial charge in [-0.05, 0) is 57.6 Å². The number of hydrogen-bond acceptors (Lipinski definition) is 4. The highest BCUT2D eigenvalue weighted by molar-refractivity contribution is 14.1. The van der Waals surface area contributed by atoms with Crippen molar-refractivity contribution in [1.82, 2.24) is 9.66 Å². The quantitative estimate of drug-likeness (QED) is 0.596. The number of ether oxygens (including phenoxy) is 1. The van der Waals surface area contributed by atoms with Crippen LogP contribution < -0.4 is 10.5 Å². The molecule has 1 heterocycles. The van der Waals surface area contributed by atoms with E-state index in [1.807, 2.05) is 19.1 Å². The predicted octanol–water partition coefficient (Wildman–Crippen LogP) is 3.03. The summed E-state index contributed by atoms with van der Waals surface area (Å²) >= 11 is 5.71. The van der Waals surface area contributed by atoms with E-state index < -0.39 is 0 Å². The van der Waals surface area contributed by atoms with Crippen LogP contribution in [0, 0.1) is 10.5 Å². The van der Waals surface area contributed by atoms with Crippen LogP contribution >= 0.6 is 38.5 Å². The molecule has 100 valence electrons. The minimum atomic E-state index is 0.369. The Morgan fingerprint density at radius 2 is 2.26 bits per heavy atom. The first-order chi connectivity index (χ1) is 9.01. The van der Waals surface area contributed by atoms with Gasteiger partial charge in [0.15, 0.2) is 0 Å². The number of aryl methyl sites for hydroxylation is 1. The van der Waals surface area contributed by atoms with Gasteiger partial charge in [-0.15, -0.1) is 0 Å². The molecule has 19 heavy (non-hydrogen) atoms. The molecule has 0 radical (unpaired) electrons. The van der Waals surface area contributed by atoms with Crippen LogP contribution in [0.3, 0.4) is 0 Å². The number of hydrogen-bond donors (Lipinski definition) is 1. The standard InChI is InChI=1S/C12H12BrIN4O/c1-7-6-18(12(15)17-7)16-5-8-3-10(14)11(19-2)4-9(8)13/h3-6H,1-2H3,(H2,15,17). The van der Waals surface area contributed by atoms with E-state index in [2.05, 4.69) is 48.6 Å². The van der Waals surface area contributed by atoms with Gasteiger partial charge in [0.25, 0.3) is 0 Å². The third kappa shape index (κ3) is 3.27. The van der Waals surface area contributed by atoms with Crippen molar-refractivity contribution in [3.8, 4) is 5.75 Å². The van der Waals surface area contributed by atoms with Crippen molar-refractivity contribution in [2.45, 2.75) is 6.92 Å². The van der Waals surface area contributed by atoms with Crippen LogP contribution in [0.4, 0.5) is 5.95 Å². The molecule has 7 heteroatoms. The van der Waals surface area contributed by atoms with E-state index in [-0.39, 0.29) is 0 Å². The molecule has 2 N–H and O–H groups in total. The number of imidazole rings is 1. The lowest BCUT2D eigenvalue weighted by atomic mass is 10.2. The summed E-state index contributed by atoms with van der Waals surface area (Å²) in [6.45, 7) is 1.87. The summed E-state index contributed by atoms with van der Waals surface area (Å²) in [5.74, 6) is 1.19. The smallest absolute Gasteiger partial charge is 0.221 e. The van der Waals surface area contributed by atoms with Gasteiger partial charge in [-0.2, -0.15) is 5.10 Å². The summed E-state index contributed by atoms with van der Waals surface area (Å²) in [5.41, 5.74) is 7.50. The van der Waals surface area contributed by atoms with E-state index in [9.17, 15) is 0 Å². The maximum absolute atomic E-state index is 5.72. The number of rotatable bonds is 3. The Labute approximate surface area is 133 Å². The lowest BCUT2D eigenvalue weighted by Gasteiger charge is -2.06. The van der Waals surface area contributed by atoms with Gasteiger partial charge in [-0.3, -0.25) is 0 Å². The molecule has 0 aliphatic carbocycles. The number of aromatic nitrogens is 2. The summed E-state index contributed by atoms with van der Waals surface area (Å²) in [6, 6.07) is 3.89. The highest BCUT2D eigenvalue weighted by Gasteiger charge is 2.06. The third-order valence-electron chi connectivity index (χ3n) is 2.43. The fourth-order valence-corrected chi connectivity index (χ4v) is 2.66. The second-order valence-corrected chi connectivity index (χ2v) is 5.85. The molecule has 0 unspecified atom stereocenters. The minimum Gasteiger partial charge on any atom is -0.496 e. The molecule has 2 aromatic rings. The number of methoxy groups -OCH3 is 1. The van der Waals surface area contributed by atoms with Gasteiger partial charge in [-0.1, -0.05) is 0 Å². The molecule has 0 atom stereocenters. The zero-order valence-corrected chi connectivity index (χ0v) is 14.1. The molecule has 0 saturated carbocycles. The highest BCUT2D eigenvalue weighted by Crippen LogP contribution is 2.27. The van der Waals surface area contributed by atoms with Crippen LogP contribution in [-0.2, 0) is 0 Å². The Morgan fingerprint density at radius 3 is 2.84 bits per heavy atom. The molecular weight excluding hydrogens is 423 g/mol. The van der Waals surface area contributed by atoms with Crippen molar-refractivity contribution in [2.24, 2.45) is 5.10 Å². The SMILES string of the molecule is COc1cc(Br)c(C=Nn2cc(C)nc2N)cc1I. The number of nitrogen functional groups attached to an aromatic ring is 1. The van der Waals surface area contributed by atoms with E-state index in [1.54, 1.807) is 24.2 Å². The molecule has 2 rings (SSSR count). The summed E-state index contributed by atoms with van der Waals surface area (Å²) in [5, 5.41) is 4.28. The second-order valence-electron chi connectivity index (χ2n) is 3.84. The third-order valence-corrected chi connectivity index (χ3v) is 3.96. The van der Waals surface area contributed by atoms with Gasteiger partial charge in [0.2, 0.25) is 5.95 Å². The number of anilines is 1. The Balaban J connectivity index is 2.33. The zero-order valence-electron chi connectivity index (χ0n) is 10.4. The Bertz CT molecular complexity index is 639. The lowest BCUT2D eigenvalue weighted by Crippen LogP contribution is -1.98. The molecule has 1 aromatic carbocycles. The van der Waals surface area contributed by atoms with Gasteiger partial charge in [-0.25, -0.2) is 9.66 Å². The van der Waals surface area contributed by atoms with Crippen molar-refractivity contribution in [3.05, 3.63) is 37.6 Å². The van der Waals surface area contributed by atoms with E-state index in [1.165, 1.54) is 0 Å². The molecule has 5 nitrogen and oxygen atoms in total. The Hall–Kier alpha value is -1.09. The van der Waals surface area contributed by atoms with Crippen molar-refractivity contribution in [2.75, 3.05) is 12.8 Å². The molecule has 0 spiro atoms. The van der Waals surface area contributed by atoms with Crippen molar-refractivity contribution >= 4 is 50.7 Å². The molecule has 0 aliphatic heterocycles. The number of halogens is 2. The summed E-state index contributed by atoms with van der Waals surface area (Å²) in [7, 11) is 1.65. The molecule has 0 bridgehead atoms. The molecule has 1 aromatic heterocycles.